The van der Waals surface area contributed by atoms with E-state index in [2.05, 4.69) is 0 Å². The Kier molecular flexibility index (Phi) is 5.37. The van der Waals surface area contributed by atoms with Crippen LogP contribution in [0.3, 0.4) is 0 Å². The molecule has 118 valence electrons. The van der Waals surface area contributed by atoms with Gasteiger partial charge in [0, 0.05) is 0 Å². The van der Waals surface area contributed by atoms with Crippen LogP contribution < -0.4 is 0 Å². The summed E-state index contributed by atoms with van der Waals surface area (Å²) >= 11 is 0. The smallest absolute Gasteiger partial charge is 0.306 e. The summed E-state index contributed by atoms with van der Waals surface area (Å²) in [6, 6.07) is 9.38. The Morgan fingerprint density at radius 2 is 1.52 bits per heavy atom. The van der Waals surface area contributed by atoms with Crippen LogP contribution in [0.25, 0.3) is 0 Å². The molecule has 0 bridgehead atoms. The highest BCUT2D eigenvalue weighted by Crippen LogP contribution is 2.54. The molecule has 21 heavy (non-hydrogen) atoms. The van der Waals surface area contributed by atoms with Crippen molar-refractivity contribution >= 4 is 14.4 Å². The van der Waals surface area contributed by atoms with Crippen molar-refractivity contribution in [3.8, 4) is 0 Å². The molecule has 0 amide bonds. The molecule has 0 saturated heterocycles. The predicted molar refractivity (Wildman–Crippen MR) is 87.3 cm³/mol. The fraction of sp³-hybridized carbons (Fsp3) is 0.588. The van der Waals surface area contributed by atoms with Gasteiger partial charge in [0.25, 0.3) is 8.41 Å². The summed E-state index contributed by atoms with van der Waals surface area (Å²) in [5, 5.41) is -1.01. The minimum absolute atomic E-state index is 0.0904. The van der Waals surface area contributed by atoms with Crippen molar-refractivity contribution in [3.63, 3.8) is 0 Å². The van der Waals surface area contributed by atoms with Crippen LogP contribution in [0.4, 0.5) is 4.11 Å². The van der Waals surface area contributed by atoms with Gasteiger partial charge < -0.3 is 8.84 Å². The quantitative estimate of drug-likeness (QED) is 0.431. The second kappa shape index (κ2) is 6.30. The van der Waals surface area contributed by atoms with Crippen molar-refractivity contribution in [1.82, 2.24) is 0 Å². The van der Waals surface area contributed by atoms with Gasteiger partial charge in [-0.25, -0.2) is 0 Å². The highest BCUT2D eigenvalue weighted by Gasteiger charge is 2.56. The SMILES string of the molecule is CC(C)(C)[Si]([18F])(CC(=O)OCc1ccccc1)C(C)(C)C. The Balaban J connectivity index is 2.75. The first-order valence-corrected chi connectivity index (χ1v) is 9.44. The molecule has 0 aliphatic heterocycles. The number of hydrogen-bond donors (Lipinski definition) is 0. The van der Waals surface area contributed by atoms with Gasteiger partial charge in [0.1, 0.15) is 6.61 Å². The Labute approximate surface area is 128 Å². The van der Waals surface area contributed by atoms with Gasteiger partial charge in [0.05, 0.1) is 6.04 Å². The van der Waals surface area contributed by atoms with Crippen LogP contribution in [-0.4, -0.2) is 14.4 Å². The van der Waals surface area contributed by atoms with Gasteiger partial charge in [-0.3, -0.25) is 4.79 Å². The molecular formula is C17H27FO2Si. The molecule has 2 nitrogen and oxygen atoms in total. The van der Waals surface area contributed by atoms with Crippen LogP contribution in [0.1, 0.15) is 47.1 Å². The number of esters is 1. The summed E-state index contributed by atoms with van der Waals surface area (Å²) in [6.45, 7) is 11.5. The van der Waals surface area contributed by atoms with Crippen molar-refractivity contribution < 1.29 is 13.6 Å². The Bertz CT molecular complexity index is 458. The number of ether oxygens (including phenoxy) is 1. The molecule has 1 rings (SSSR count). The summed E-state index contributed by atoms with van der Waals surface area (Å²) in [5.41, 5.74) is 0.920. The maximum absolute atomic E-state index is 15.6. The summed E-state index contributed by atoms with van der Waals surface area (Å²) in [5.74, 6) is -0.433. The number of halogens is 1. The molecule has 0 aliphatic rings. The molecule has 4 heteroatoms. The van der Waals surface area contributed by atoms with E-state index in [0.717, 1.165) is 5.56 Å². The van der Waals surface area contributed by atoms with E-state index in [1.54, 1.807) is 0 Å². The molecule has 0 aliphatic carbocycles. The molecule has 0 spiro atoms. The topological polar surface area (TPSA) is 26.3 Å². The molecular weight excluding hydrogens is 282 g/mol. The maximum atomic E-state index is 15.6. The monoisotopic (exact) mass is 309 g/mol. The van der Waals surface area contributed by atoms with E-state index in [9.17, 15) is 4.79 Å². The van der Waals surface area contributed by atoms with E-state index >= 15 is 4.11 Å². The maximum Gasteiger partial charge on any atom is 0.306 e. The minimum Gasteiger partial charge on any atom is -0.461 e. The zero-order chi connectivity index (χ0) is 16.3. The summed E-state index contributed by atoms with van der Waals surface area (Å²) in [4.78, 5) is 12.1. The first-order chi connectivity index (χ1) is 9.47. The van der Waals surface area contributed by atoms with Gasteiger partial charge in [0.15, 0.2) is 0 Å². The zero-order valence-electron chi connectivity index (χ0n) is 14.0. The van der Waals surface area contributed by atoms with Crippen molar-refractivity contribution in [1.29, 1.82) is 0 Å². The third-order valence-corrected chi connectivity index (χ3v) is 9.54. The highest BCUT2D eigenvalue weighted by molar-refractivity contribution is 6.81. The van der Waals surface area contributed by atoms with Crippen molar-refractivity contribution in [2.24, 2.45) is 0 Å². The van der Waals surface area contributed by atoms with Crippen molar-refractivity contribution in [3.05, 3.63) is 35.9 Å². The van der Waals surface area contributed by atoms with E-state index in [1.165, 1.54) is 0 Å². The number of carbonyl (C=O) groups excluding carboxylic acids is 1. The number of rotatable bonds is 4. The first kappa shape index (κ1) is 17.9. The molecule has 1 aromatic carbocycles. The molecule has 0 heterocycles. The van der Waals surface area contributed by atoms with Crippen LogP contribution in [0.15, 0.2) is 30.3 Å². The summed E-state index contributed by atoms with van der Waals surface area (Å²) in [7, 11) is -3.33. The summed E-state index contributed by atoms with van der Waals surface area (Å²) in [6.07, 6.45) is 0. The average molecular weight is 309 g/mol. The third kappa shape index (κ3) is 4.40. The fourth-order valence-corrected chi connectivity index (χ4v) is 6.45. The zero-order valence-corrected chi connectivity index (χ0v) is 15.0. The molecule has 0 atom stereocenters. The van der Waals surface area contributed by atoms with E-state index in [1.807, 2.05) is 71.9 Å². The molecule has 0 unspecified atom stereocenters. The van der Waals surface area contributed by atoms with Crippen LogP contribution in [0, 0.1) is 0 Å². The van der Waals surface area contributed by atoms with E-state index in [0.29, 0.717) is 0 Å². The lowest BCUT2D eigenvalue weighted by molar-refractivity contribution is -0.142. The second-order valence-corrected chi connectivity index (χ2v) is 12.6. The number of carbonyl (C=O) groups is 1. The van der Waals surface area contributed by atoms with E-state index in [4.69, 9.17) is 4.74 Å². The van der Waals surface area contributed by atoms with Crippen molar-refractivity contribution in [2.45, 2.75) is 64.3 Å². The Morgan fingerprint density at radius 3 is 1.95 bits per heavy atom. The highest BCUT2D eigenvalue weighted by atomic mass is 28.4. The van der Waals surface area contributed by atoms with Gasteiger partial charge in [-0.2, -0.15) is 0 Å². The lowest BCUT2D eigenvalue weighted by atomic mass is 10.2. The van der Waals surface area contributed by atoms with E-state index in [-0.39, 0.29) is 12.7 Å². The average Bonchev–Trinajstić information content (AvgIpc) is 2.35. The van der Waals surface area contributed by atoms with Gasteiger partial charge in [-0.05, 0) is 15.6 Å². The van der Waals surface area contributed by atoms with Crippen LogP contribution >= 0.6 is 0 Å². The normalized spacial score (nSPS) is 13.1. The predicted octanol–water partition coefficient (Wildman–Crippen LogP) is 5.25. The van der Waals surface area contributed by atoms with Crippen LogP contribution in [-0.2, 0) is 16.1 Å². The van der Waals surface area contributed by atoms with Gasteiger partial charge >= 0.3 is 5.97 Å². The third-order valence-electron chi connectivity index (χ3n) is 4.01. The lowest BCUT2D eigenvalue weighted by Gasteiger charge is -2.43. The Morgan fingerprint density at radius 1 is 1.05 bits per heavy atom. The fourth-order valence-electron chi connectivity index (χ4n) is 2.64. The van der Waals surface area contributed by atoms with Gasteiger partial charge in [-0.15, -0.1) is 0 Å². The molecule has 0 N–H and O–H groups in total. The Hall–Kier alpha value is -1.16. The van der Waals surface area contributed by atoms with Crippen molar-refractivity contribution in [2.75, 3.05) is 0 Å². The molecule has 0 aromatic heterocycles. The van der Waals surface area contributed by atoms with Gasteiger partial charge in [-0.1, -0.05) is 71.9 Å². The minimum atomic E-state index is -3.33. The lowest BCUT2D eigenvalue weighted by Crippen LogP contribution is -2.49. The standard InChI is InChI=1S/C17H27FO2Si/c1-16(2,3)21(18,17(4,5)6)13-15(19)20-12-14-10-8-7-9-11-14/h7-11H,12-13H2,1-6H3/i18-1. The largest absolute Gasteiger partial charge is 0.461 e. The van der Waals surface area contributed by atoms with E-state index < -0.39 is 24.5 Å². The molecule has 1 aromatic rings. The molecule has 0 fully saturated rings. The second-order valence-electron chi connectivity index (χ2n) is 7.62. The number of benzene rings is 1. The van der Waals surface area contributed by atoms with Crippen LogP contribution in [0.5, 0.6) is 0 Å². The molecule has 0 saturated carbocycles. The summed E-state index contributed by atoms with van der Waals surface area (Å²) < 4.78 is 20.9. The molecule has 0 radical (unpaired) electrons. The van der Waals surface area contributed by atoms with Crippen LogP contribution in [0.2, 0.25) is 16.1 Å². The van der Waals surface area contributed by atoms with Gasteiger partial charge in [0.2, 0.25) is 0 Å². The first-order valence-electron chi connectivity index (χ1n) is 7.36. The number of hydrogen-bond acceptors (Lipinski definition) is 2.